The van der Waals surface area contributed by atoms with E-state index in [0.717, 1.165) is 69.6 Å². The molecule has 0 bridgehead atoms. The standard InChI is InChI=1S/C20H28F3N3O3.C2H5N/c1-15-13-19(25-29-15)27-12-4-2-3-9-26-10-7-16-5-6-18(24-17(16)8-11-26)28-14-20(21,22)23;1-2-3/h13H,2-12,14H2,1H3;2H,1,3H2. The topological polar surface area (TPSA) is 86.1 Å². The van der Waals surface area contributed by atoms with Gasteiger partial charge in [-0.2, -0.15) is 13.2 Å². The van der Waals surface area contributed by atoms with E-state index in [9.17, 15) is 13.2 Å². The molecule has 7 nitrogen and oxygen atoms in total. The van der Waals surface area contributed by atoms with E-state index >= 15 is 0 Å². The first kappa shape index (κ1) is 25.8. The molecular formula is C22H33F3N4O3. The molecule has 2 aliphatic rings. The van der Waals surface area contributed by atoms with Gasteiger partial charge >= 0.3 is 6.18 Å². The number of rotatable bonds is 8. The number of ether oxygens (including phenoxy) is 2. The quantitative estimate of drug-likeness (QED) is 0.566. The Hall–Kier alpha value is -2.49. The highest BCUT2D eigenvalue weighted by molar-refractivity contribution is 5.78. The van der Waals surface area contributed by atoms with Gasteiger partial charge in [0.2, 0.25) is 0 Å². The zero-order chi connectivity index (χ0) is 23.4. The van der Waals surface area contributed by atoms with Gasteiger partial charge in [-0.3, -0.25) is 0 Å². The van der Waals surface area contributed by atoms with E-state index < -0.39 is 12.8 Å². The summed E-state index contributed by atoms with van der Waals surface area (Å²) in [5.74, 6) is 1.49. The lowest BCUT2D eigenvalue weighted by molar-refractivity contribution is -0.156. The van der Waals surface area contributed by atoms with E-state index in [4.69, 9.17) is 14.0 Å². The lowest BCUT2D eigenvalue weighted by atomic mass is 10.0. The second-order valence-electron chi connectivity index (χ2n) is 7.72. The number of aliphatic imine (C=N–C) groups is 1. The number of nitrogens with two attached hydrogens (primary N) is 1. The molecule has 0 aliphatic carbocycles. The summed E-state index contributed by atoms with van der Waals surface area (Å²) in [5.41, 5.74) is 6.80. The number of aromatic nitrogens is 1. The van der Waals surface area contributed by atoms with Gasteiger partial charge in [-0.1, -0.05) is 6.58 Å². The molecule has 1 aromatic heterocycles. The zero-order valence-electron chi connectivity index (χ0n) is 18.6. The highest BCUT2D eigenvalue weighted by Crippen LogP contribution is 2.29. The molecule has 2 N–H and O–H groups in total. The Kier molecular flexibility index (Phi) is 10.6. The van der Waals surface area contributed by atoms with Gasteiger partial charge in [-0.15, -0.1) is 0 Å². The molecule has 1 aromatic rings. The highest BCUT2D eigenvalue weighted by atomic mass is 19.4. The normalized spacial score (nSPS) is 16.9. The number of hydrogen-bond acceptors (Lipinski definition) is 7. The molecule has 10 heteroatoms. The van der Waals surface area contributed by atoms with Crippen molar-refractivity contribution in [1.29, 1.82) is 0 Å². The molecule has 3 heterocycles. The molecule has 32 heavy (non-hydrogen) atoms. The minimum atomic E-state index is -4.32. The van der Waals surface area contributed by atoms with Crippen LogP contribution in [0.4, 0.5) is 13.2 Å². The summed E-state index contributed by atoms with van der Waals surface area (Å²) in [6.45, 7) is 7.18. The van der Waals surface area contributed by atoms with E-state index in [-0.39, 0.29) is 5.90 Å². The van der Waals surface area contributed by atoms with Crippen LogP contribution in [-0.2, 0) is 4.74 Å². The summed E-state index contributed by atoms with van der Waals surface area (Å²) in [7, 11) is 0. The lowest BCUT2D eigenvalue weighted by Gasteiger charge is -2.19. The number of unbranched alkanes of at least 4 members (excludes halogenated alkanes) is 2. The summed E-state index contributed by atoms with van der Waals surface area (Å²) < 4.78 is 52.3. The first-order valence-electron chi connectivity index (χ1n) is 10.9. The first-order chi connectivity index (χ1) is 15.3. The molecule has 0 radical (unpaired) electrons. The Bertz CT molecular complexity index is 775. The van der Waals surface area contributed by atoms with E-state index in [1.54, 1.807) is 6.07 Å². The van der Waals surface area contributed by atoms with Crippen LogP contribution in [0.5, 0.6) is 5.88 Å². The van der Waals surface area contributed by atoms with Crippen LogP contribution in [0.2, 0.25) is 0 Å². The Balaban J connectivity index is 0.00000114. The van der Waals surface area contributed by atoms with Crippen molar-refractivity contribution >= 4 is 5.90 Å². The Labute approximate surface area is 187 Å². The Morgan fingerprint density at radius 3 is 2.59 bits per heavy atom. The van der Waals surface area contributed by atoms with Crippen molar-refractivity contribution in [2.45, 2.75) is 58.0 Å². The molecule has 0 amide bonds. The van der Waals surface area contributed by atoms with Gasteiger partial charge in [-0.05, 0) is 62.5 Å². The van der Waals surface area contributed by atoms with Crippen LogP contribution in [0.15, 0.2) is 39.6 Å². The number of aryl methyl sites for hydroxylation is 1. The van der Waals surface area contributed by atoms with Crippen molar-refractivity contribution in [3.05, 3.63) is 35.9 Å². The molecule has 0 fully saturated rings. The van der Waals surface area contributed by atoms with Crippen LogP contribution in [0, 0.1) is 6.92 Å². The minimum absolute atomic E-state index is 0.219. The van der Waals surface area contributed by atoms with E-state index in [0.29, 0.717) is 18.9 Å². The van der Waals surface area contributed by atoms with Crippen LogP contribution in [0.25, 0.3) is 0 Å². The Morgan fingerprint density at radius 2 is 1.91 bits per heavy atom. The molecule has 0 aromatic carbocycles. The average Bonchev–Trinajstić information content (AvgIpc) is 3.05. The maximum absolute atomic E-state index is 12.3. The number of hydrogen-bond donors (Lipinski definition) is 1. The largest absolute Gasteiger partial charge is 0.476 e. The van der Waals surface area contributed by atoms with Gasteiger partial charge in [0.1, 0.15) is 5.76 Å². The maximum Gasteiger partial charge on any atom is 0.422 e. The van der Waals surface area contributed by atoms with Crippen LogP contribution in [0.1, 0.15) is 50.7 Å². The predicted octanol–water partition coefficient (Wildman–Crippen LogP) is 4.74. The molecule has 0 saturated carbocycles. The minimum Gasteiger partial charge on any atom is -0.476 e. The van der Waals surface area contributed by atoms with Crippen molar-refractivity contribution in [2.24, 2.45) is 10.7 Å². The molecule has 2 aliphatic heterocycles. The summed E-state index contributed by atoms with van der Waals surface area (Å²) in [5, 5.41) is 3.80. The zero-order valence-corrected chi connectivity index (χ0v) is 18.6. The SMILES string of the molecule is C=CN.Cc1cc(OCCCCCN2CCC3=C(CC2)N=C(OCC(F)(F)F)CC3)no1. The van der Waals surface area contributed by atoms with Crippen molar-refractivity contribution in [1.82, 2.24) is 10.1 Å². The van der Waals surface area contributed by atoms with E-state index in [1.807, 2.05) is 6.92 Å². The second kappa shape index (κ2) is 13.1. The second-order valence-corrected chi connectivity index (χ2v) is 7.72. The highest BCUT2D eigenvalue weighted by Gasteiger charge is 2.30. The van der Waals surface area contributed by atoms with Crippen LogP contribution in [0.3, 0.4) is 0 Å². The van der Waals surface area contributed by atoms with Crippen molar-refractivity contribution in [3.8, 4) is 5.88 Å². The van der Waals surface area contributed by atoms with Gasteiger partial charge in [-0.25, -0.2) is 4.99 Å². The predicted molar refractivity (Wildman–Crippen MR) is 116 cm³/mol. The lowest BCUT2D eigenvalue weighted by Crippen LogP contribution is -2.26. The third kappa shape index (κ3) is 9.76. The average molecular weight is 459 g/mol. The van der Waals surface area contributed by atoms with E-state index in [2.05, 4.69) is 27.4 Å². The van der Waals surface area contributed by atoms with Crippen molar-refractivity contribution < 1.29 is 27.2 Å². The van der Waals surface area contributed by atoms with Crippen molar-refractivity contribution in [3.63, 3.8) is 0 Å². The van der Waals surface area contributed by atoms with Gasteiger partial charge in [0.15, 0.2) is 12.5 Å². The van der Waals surface area contributed by atoms with Crippen LogP contribution >= 0.6 is 0 Å². The Morgan fingerprint density at radius 1 is 1.16 bits per heavy atom. The summed E-state index contributed by atoms with van der Waals surface area (Å²) in [4.78, 5) is 6.78. The first-order valence-corrected chi connectivity index (χ1v) is 10.9. The van der Waals surface area contributed by atoms with Gasteiger partial charge in [0, 0.05) is 37.7 Å². The monoisotopic (exact) mass is 458 g/mol. The molecule has 0 unspecified atom stereocenters. The maximum atomic E-state index is 12.3. The summed E-state index contributed by atoms with van der Waals surface area (Å²) in [6.07, 6.45) is 2.93. The molecule has 180 valence electrons. The summed E-state index contributed by atoms with van der Waals surface area (Å²) in [6, 6.07) is 1.77. The van der Waals surface area contributed by atoms with Gasteiger partial charge in [0.05, 0.1) is 6.61 Å². The van der Waals surface area contributed by atoms with Gasteiger partial charge < -0.3 is 24.6 Å². The third-order valence-electron chi connectivity index (χ3n) is 5.08. The number of halogens is 3. The molecular weight excluding hydrogens is 425 g/mol. The van der Waals surface area contributed by atoms with Crippen LogP contribution in [-0.4, -0.2) is 55.0 Å². The fraction of sp³-hybridized carbons (Fsp3) is 0.636. The van der Waals surface area contributed by atoms with Gasteiger partial charge in [0.25, 0.3) is 5.88 Å². The smallest absolute Gasteiger partial charge is 0.422 e. The number of alkyl halides is 3. The number of nitrogens with zero attached hydrogens (tertiary/aromatic N) is 3. The van der Waals surface area contributed by atoms with Crippen molar-refractivity contribution in [2.75, 3.05) is 32.8 Å². The fourth-order valence-electron chi connectivity index (χ4n) is 3.55. The molecule has 0 saturated heterocycles. The molecule has 0 spiro atoms. The molecule has 3 rings (SSSR count). The summed E-state index contributed by atoms with van der Waals surface area (Å²) >= 11 is 0. The fourth-order valence-corrected chi connectivity index (χ4v) is 3.55. The molecule has 0 atom stereocenters. The van der Waals surface area contributed by atoms with E-state index in [1.165, 1.54) is 11.8 Å². The third-order valence-corrected chi connectivity index (χ3v) is 5.08. The van der Waals surface area contributed by atoms with Crippen LogP contribution < -0.4 is 10.5 Å².